The molecule has 4 heteroatoms. The molecule has 2 heterocycles. The van der Waals surface area contributed by atoms with Crippen molar-refractivity contribution >= 4 is 11.3 Å². The minimum Gasteiger partial charge on any atom is -0.345 e. The Kier molecular flexibility index (Phi) is 2.88. The van der Waals surface area contributed by atoms with Gasteiger partial charge in [0.25, 0.3) is 0 Å². The summed E-state index contributed by atoms with van der Waals surface area (Å²) in [4.78, 5) is 9.06. The maximum atomic E-state index is 5.75. The standard InChI is InChI=1S/C11H15N3S/c1-7(12)6-10-13-8(2)11(14-10)9-4-3-5-15-9/h3-5,7H,6,12H2,1-2H3,(H,13,14). The number of thiophene rings is 1. The summed E-state index contributed by atoms with van der Waals surface area (Å²) in [5, 5.41) is 2.06. The predicted molar refractivity (Wildman–Crippen MR) is 64.0 cm³/mol. The second-order valence-corrected chi connectivity index (χ2v) is 4.76. The highest BCUT2D eigenvalue weighted by Gasteiger charge is 2.10. The molecule has 0 radical (unpaired) electrons. The van der Waals surface area contributed by atoms with E-state index in [4.69, 9.17) is 5.73 Å². The first-order valence-electron chi connectivity index (χ1n) is 5.01. The van der Waals surface area contributed by atoms with Crippen LogP contribution in [-0.2, 0) is 6.42 Å². The predicted octanol–water partition coefficient (Wildman–Crippen LogP) is 2.34. The minimum atomic E-state index is 0.145. The molecule has 0 aliphatic carbocycles. The fraction of sp³-hybridized carbons (Fsp3) is 0.364. The molecule has 0 saturated heterocycles. The lowest BCUT2D eigenvalue weighted by Gasteiger charge is -1.99. The topological polar surface area (TPSA) is 54.7 Å². The number of aromatic amines is 1. The summed E-state index contributed by atoms with van der Waals surface area (Å²) in [6.07, 6.45) is 0.798. The van der Waals surface area contributed by atoms with Crippen LogP contribution in [0.2, 0.25) is 0 Å². The first-order chi connectivity index (χ1) is 7.16. The average molecular weight is 221 g/mol. The largest absolute Gasteiger partial charge is 0.345 e. The Labute approximate surface area is 93.4 Å². The molecule has 1 unspecified atom stereocenters. The van der Waals surface area contributed by atoms with E-state index in [2.05, 4.69) is 21.4 Å². The number of H-pyrrole nitrogens is 1. The third-order valence-electron chi connectivity index (χ3n) is 2.20. The Morgan fingerprint density at radius 2 is 2.40 bits per heavy atom. The van der Waals surface area contributed by atoms with Gasteiger partial charge in [-0.15, -0.1) is 11.3 Å². The van der Waals surface area contributed by atoms with Crippen molar-refractivity contribution in [3.63, 3.8) is 0 Å². The van der Waals surface area contributed by atoms with Crippen LogP contribution in [0.3, 0.4) is 0 Å². The first kappa shape index (κ1) is 10.4. The quantitative estimate of drug-likeness (QED) is 0.835. The lowest BCUT2D eigenvalue weighted by Crippen LogP contribution is -2.18. The van der Waals surface area contributed by atoms with E-state index < -0.39 is 0 Å². The number of rotatable bonds is 3. The molecule has 0 fully saturated rings. The van der Waals surface area contributed by atoms with Crippen molar-refractivity contribution in [3.8, 4) is 10.6 Å². The summed E-state index contributed by atoms with van der Waals surface area (Å²) in [6, 6.07) is 4.27. The summed E-state index contributed by atoms with van der Waals surface area (Å²) in [6.45, 7) is 4.04. The highest BCUT2D eigenvalue weighted by atomic mass is 32.1. The highest BCUT2D eigenvalue weighted by molar-refractivity contribution is 7.13. The van der Waals surface area contributed by atoms with Gasteiger partial charge in [0, 0.05) is 18.2 Å². The molecular weight excluding hydrogens is 206 g/mol. The molecule has 0 aromatic carbocycles. The molecule has 0 spiro atoms. The Morgan fingerprint density at radius 3 is 3.00 bits per heavy atom. The number of nitrogens with two attached hydrogens (primary N) is 1. The molecule has 15 heavy (non-hydrogen) atoms. The monoisotopic (exact) mass is 221 g/mol. The van der Waals surface area contributed by atoms with Gasteiger partial charge in [-0.25, -0.2) is 4.98 Å². The van der Waals surface area contributed by atoms with Gasteiger partial charge >= 0.3 is 0 Å². The van der Waals surface area contributed by atoms with Gasteiger partial charge in [-0.1, -0.05) is 6.07 Å². The lowest BCUT2D eigenvalue weighted by atomic mass is 10.2. The number of hydrogen-bond donors (Lipinski definition) is 2. The normalized spacial score (nSPS) is 13.0. The maximum absolute atomic E-state index is 5.75. The Bertz CT molecular complexity index is 429. The van der Waals surface area contributed by atoms with Crippen molar-refractivity contribution in [2.24, 2.45) is 5.73 Å². The molecule has 0 aliphatic rings. The van der Waals surface area contributed by atoms with Crippen molar-refractivity contribution in [1.82, 2.24) is 9.97 Å². The van der Waals surface area contributed by atoms with Crippen LogP contribution in [-0.4, -0.2) is 16.0 Å². The zero-order chi connectivity index (χ0) is 10.8. The van der Waals surface area contributed by atoms with Crippen LogP contribution in [0.1, 0.15) is 18.4 Å². The molecule has 0 amide bonds. The Hall–Kier alpha value is -1.13. The molecule has 80 valence electrons. The van der Waals surface area contributed by atoms with Crippen molar-refractivity contribution < 1.29 is 0 Å². The van der Waals surface area contributed by atoms with Crippen molar-refractivity contribution in [1.29, 1.82) is 0 Å². The third kappa shape index (κ3) is 2.27. The average Bonchev–Trinajstić information content (AvgIpc) is 2.72. The Morgan fingerprint density at radius 1 is 1.60 bits per heavy atom. The summed E-state index contributed by atoms with van der Waals surface area (Å²) in [5.74, 6) is 0.978. The molecule has 3 N–H and O–H groups in total. The highest BCUT2D eigenvalue weighted by Crippen LogP contribution is 2.25. The fourth-order valence-electron chi connectivity index (χ4n) is 1.58. The van der Waals surface area contributed by atoms with Gasteiger partial charge in [0.2, 0.25) is 0 Å². The van der Waals surface area contributed by atoms with E-state index in [-0.39, 0.29) is 6.04 Å². The summed E-state index contributed by atoms with van der Waals surface area (Å²) >= 11 is 1.71. The summed E-state index contributed by atoms with van der Waals surface area (Å²) in [5.41, 5.74) is 7.92. The number of nitrogens with one attached hydrogen (secondary N) is 1. The molecular formula is C11H15N3S. The second kappa shape index (κ2) is 4.16. The van der Waals surface area contributed by atoms with E-state index in [9.17, 15) is 0 Å². The first-order valence-corrected chi connectivity index (χ1v) is 5.89. The second-order valence-electron chi connectivity index (χ2n) is 3.82. The molecule has 0 aliphatic heterocycles. The minimum absolute atomic E-state index is 0.145. The lowest BCUT2D eigenvalue weighted by molar-refractivity contribution is 0.709. The van der Waals surface area contributed by atoms with Crippen LogP contribution in [0, 0.1) is 6.92 Å². The van der Waals surface area contributed by atoms with Crippen LogP contribution in [0.5, 0.6) is 0 Å². The van der Waals surface area contributed by atoms with Gasteiger partial charge in [-0.2, -0.15) is 0 Å². The van der Waals surface area contributed by atoms with Crippen LogP contribution in [0.4, 0.5) is 0 Å². The molecule has 2 aromatic heterocycles. The van der Waals surface area contributed by atoms with Crippen molar-refractivity contribution in [3.05, 3.63) is 29.0 Å². The van der Waals surface area contributed by atoms with Gasteiger partial charge in [0.1, 0.15) is 11.5 Å². The van der Waals surface area contributed by atoms with Gasteiger partial charge in [0.05, 0.1) is 4.88 Å². The Balaban J connectivity index is 2.30. The molecule has 0 saturated carbocycles. The van der Waals surface area contributed by atoms with Crippen LogP contribution in [0.25, 0.3) is 10.6 Å². The molecule has 0 bridgehead atoms. The van der Waals surface area contributed by atoms with E-state index in [1.165, 1.54) is 4.88 Å². The summed E-state index contributed by atoms with van der Waals surface area (Å²) < 4.78 is 0. The van der Waals surface area contributed by atoms with Crippen molar-refractivity contribution in [2.75, 3.05) is 0 Å². The van der Waals surface area contributed by atoms with E-state index in [1.54, 1.807) is 11.3 Å². The summed E-state index contributed by atoms with van der Waals surface area (Å²) in [7, 11) is 0. The number of hydrogen-bond acceptors (Lipinski definition) is 3. The van der Waals surface area contributed by atoms with E-state index >= 15 is 0 Å². The molecule has 1 atom stereocenters. The fourth-order valence-corrected chi connectivity index (χ4v) is 2.35. The SMILES string of the molecule is Cc1[nH]c(CC(C)N)nc1-c1cccs1. The van der Waals surface area contributed by atoms with Crippen LogP contribution >= 0.6 is 11.3 Å². The molecule has 2 aromatic rings. The number of imidazole rings is 1. The van der Waals surface area contributed by atoms with Gasteiger partial charge in [-0.3, -0.25) is 0 Å². The van der Waals surface area contributed by atoms with E-state index in [0.717, 1.165) is 23.6 Å². The molecule has 2 rings (SSSR count). The van der Waals surface area contributed by atoms with Crippen molar-refractivity contribution in [2.45, 2.75) is 26.3 Å². The number of nitrogens with zero attached hydrogens (tertiary/aromatic N) is 1. The van der Waals surface area contributed by atoms with Gasteiger partial charge in [-0.05, 0) is 25.3 Å². The van der Waals surface area contributed by atoms with Crippen LogP contribution in [0.15, 0.2) is 17.5 Å². The zero-order valence-electron chi connectivity index (χ0n) is 8.95. The number of aryl methyl sites for hydroxylation is 1. The smallest absolute Gasteiger partial charge is 0.108 e. The third-order valence-corrected chi connectivity index (χ3v) is 3.08. The molecule has 3 nitrogen and oxygen atoms in total. The van der Waals surface area contributed by atoms with Gasteiger partial charge in [0.15, 0.2) is 0 Å². The van der Waals surface area contributed by atoms with E-state index in [0.29, 0.717) is 0 Å². The zero-order valence-corrected chi connectivity index (χ0v) is 9.77. The van der Waals surface area contributed by atoms with Gasteiger partial charge < -0.3 is 10.7 Å². The van der Waals surface area contributed by atoms with E-state index in [1.807, 2.05) is 19.9 Å². The maximum Gasteiger partial charge on any atom is 0.108 e. The van der Waals surface area contributed by atoms with Crippen LogP contribution < -0.4 is 5.73 Å². The number of aromatic nitrogens is 2.